The molecule has 0 amide bonds. The lowest BCUT2D eigenvalue weighted by Crippen LogP contribution is -2.24. The van der Waals surface area contributed by atoms with Crippen molar-refractivity contribution in [3.63, 3.8) is 0 Å². The van der Waals surface area contributed by atoms with Gasteiger partial charge in [-0.1, -0.05) is 18.2 Å². The number of ether oxygens (including phenoxy) is 1. The van der Waals surface area contributed by atoms with Crippen LogP contribution in [0.4, 0.5) is 5.95 Å². The molecule has 0 aliphatic carbocycles. The number of benzene rings is 1. The van der Waals surface area contributed by atoms with Crippen LogP contribution in [0.1, 0.15) is 23.4 Å². The topological polar surface area (TPSA) is 38.2 Å². The van der Waals surface area contributed by atoms with Crippen molar-refractivity contribution in [2.45, 2.75) is 27.2 Å². The zero-order valence-electron chi connectivity index (χ0n) is 13.5. The summed E-state index contributed by atoms with van der Waals surface area (Å²) in [5.41, 5.74) is 3.25. The van der Waals surface area contributed by atoms with E-state index in [0.717, 1.165) is 49.2 Å². The molecule has 1 aliphatic rings. The SMILES string of the molecule is Cc1cc(C)nc(N2CC[C@@H](COc3ccccc3C)C2)n1. The monoisotopic (exact) mass is 297 g/mol. The molecule has 0 unspecified atom stereocenters. The molecule has 1 saturated heterocycles. The van der Waals surface area contributed by atoms with Gasteiger partial charge in [0.2, 0.25) is 5.95 Å². The van der Waals surface area contributed by atoms with E-state index in [4.69, 9.17) is 4.74 Å². The van der Waals surface area contributed by atoms with Gasteiger partial charge in [0.25, 0.3) is 0 Å². The van der Waals surface area contributed by atoms with Gasteiger partial charge in [-0.05, 0) is 44.9 Å². The fraction of sp³-hybridized carbons (Fsp3) is 0.444. The summed E-state index contributed by atoms with van der Waals surface area (Å²) in [7, 11) is 0. The standard InChI is InChI=1S/C18H23N3O/c1-13-6-4-5-7-17(13)22-12-16-8-9-21(11-16)18-19-14(2)10-15(3)20-18/h4-7,10,16H,8-9,11-12H2,1-3H3/t16-/m1/s1. The molecule has 1 fully saturated rings. The Morgan fingerprint density at radius 1 is 1.14 bits per heavy atom. The number of rotatable bonds is 4. The summed E-state index contributed by atoms with van der Waals surface area (Å²) in [6.45, 7) is 8.85. The fourth-order valence-corrected chi connectivity index (χ4v) is 2.93. The Hall–Kier alpha value is -2.10. The average molecular weight is 297 g/mol. The lowest BCUT2D eigenvalue weighted by Gasteiger charge is -2.17. The van der Waals surface area contributed by atoms with Crippen molar-refractivity contribution in [3.05, 3.63) is 47.3 Å². The van der Waals surface area contributed by atoms with Crippen molar-refractivity contribution in [2.24, 2.45) is 5.92 Å². The molecule has 116 valence electrons. The van der Waals surface area contributed by atoms with Crippen molar-refractivity contribution < 1.29 is 4.74 Å². The van der Waals surface area contributed by atoms with Crippen LogP contribution in [0.2, 0.25) is 0 Å². The van der Waals surface area contributed by atoms with E-state index in [1.165, 1.54) is 5.56 Å². The highest BCUT2D eigenvalue weighted by molar-refractivity contribution is 5.34. The number of hydrogen-bond acceptors (Lipinski definition) is 4. The minimum absolute atomic E-state index is 0.532. The summed E-state index contributed by atoms with van der Waals surface area (Å²) >= 11 is 0. The average Bonchev–Trinajstić information content (AvgIpc) is 2.94. The van der Waals surface area contributed by atoms with Crippen LogP contribution in [0.3, 0.4) is 0 Å². The molecule has 2 heterocycles. The van der Waals surface area contributed by atoms with Gasteiger partial charge < -0.3 is 9.64 Å². The van der Waals surface area contributed by atoms with Crippen molar-refractivity contribution in [2.75, 3.05) is 24.6 Å². The largest absolute Gasteiger partial charge is 0.493 e. The molecule has 1 atom stereocenters. The maximum absolute atomic E-state index is 5.98. The summed E-state index contributed by atoms with van der Waals surface area (Å²) in [4.78, 5) is 11.4. The third-order valence-electron chi connectivity index (χ3n) is 4.11. The van der Waals surface area contributed by atoms with Crippen LogP contribution in [0, 0.1) is 26.7 Å². The molecule has 0 spiro atoms. The third-order valence-corrected chi connectivity index (χ3v) is 4.11. The van der Waals surface area contributed by atoms with Gasteiger partial charge in [-0.2, -0.15) is 0 Å². The predicted octanol–water partition coefficient (Wildman–Crippen LogP) is 3.31. The minimum atomic E-state index is 0.532. The third kappa shape index (κ3) is 3.38. The number of nitrogens with zero attached hydrogens (tertiary/aromatic N) is 3. The lowest BCUT2D eigenvalue weighted by atomic mass is 10.1. The van der Waals surface area contributed by atoms with E-state index in [0.29, 0.717) is 5.92 Å². The molecular weight excluding hydrogens is 274 g/mol. The smallest absolute Gasteiger partial charge is 0.225 e. The first-order valence-corrected chi connectivity index (χ1v) is 7.87. The number of para-hydroxylation sites is 1. The van der Waals surface area contributed by atoms with E-state index in [9.17, 15) is 0 Å². The number of anilines is 1. The maximum Gasteiger partial charge on any atom is 0.225 e. The second kappa shape index (κ2) is 6.34. The van der Waals surface area contributed by atoms with E-state index in [2.05, 4.69) is 27.9 Å². The van der Waals surface area contributed by atoms with Crippen LogP contribution in [0.5, 0.6) is 5.75 Å². The van der Waals surface area contributed by atoms with E-state index < -0.39 is 0 Å². The van der Waals surface area contributed by atoms with Crippen LogP contribution in [-0.4, -0.2) is 29.7 Å². The van der Waals surface area contributed by atoms with E-state index >= 15 is 0 Å². The molecule has 4 nitrogen and oxygen atoms in total. The first kappa shape index (κ1) is 14.8. The Kier molecular flexibility index (Phi) is 4.27. The molecule has 0 bridgehead atoms. The summed E-state index contributed by atoms with van der Waals surface area (Å²) in [6, 6.07) is 10.2. The molecular formula is C18H23N3O. The van der Waals surface area contributed by atoms with E-state index in [-0.39, 0.29) is 0 Å². The second-order valence-corrected chi connectivity index (χ2v) is 6.13. The Morgan fingerprint density at radius 3 is 2.59 bits per heavy atom. The summed E-state index contributed by atoms with van der Waals surface area (Å²) in [5.74, 6) is 2.38. The first-order chi connectivity index (χ1) is 10.6. The summed E-state index contributed by atoms with van der Waals surface area (Å²) < 4.78 is 5.98. The van der Waals surface area contributed by atoms with Crippen LogP contribution in [0.15, 0.2) is 30.3 Å². The molecule has 2 aromatic rings. The maximum atomic E-state index is 5.98. The molecule has 22 heavy (non-hydrogen) atoms. The van der Waals surface area contributed by atoms with Gasteiger partial charge in [-0.25, -0.2) is 9.97 Å². The fourth-order valence-electron chi connectivity index (χ4n) is 2.93. The Bertz CT molecular complexity index is 636. The van der Waals surface area contributed by atoms with Crippen molar-refractivity contribution >= 4 is 5.95 Å². The van der Waals surface area contributed by atoms with E-state index in [1.807, 2.05) is 38.1 Å². The van der Waals surface area contributed by atoms with Crippen molar-refractivity contribution in [3.8, 4) is 5.75 Å². The van der Waals surface area contributed by atoms with Gasteiger partial charge in [0.05, 0.1) is 6.61 Å². The molecule has 0 N–H and O–H groups in total. The summed E-state index contributed by atoms with van der Waals surface area (Å²) in [6.07, 6.45) is 1.13. The molecule has 0 radical (unpaired) electrons. The van der Waals surface area contributed by atoms with Gasteiger partial charge in [-0.3, -0.25) is 0 Å². The van der Waals surface area contributed by atoms with Gasteiger partial charge in [-0.15, -0.1) is 0 Å². The summed E-state index contributed by atoms with van der Waals surface area (Å²) in [5, 5.41) is 0. The molecule has 4 heteroatoms. The predicted molar refractivity (Wildman–Crippen MR) is 88.5 cm³/mol. The highest BCUT2D eigenvalue weighted by Crippen LogP contribution is 2.23. The Morgan fingerprint density at radius 2 is 1.86 bits per heavy atom. The number of aromatic nitrogens is 2. The molecule has 3 rings (SSSR count). The quantitative estimate of drug-likeness (QED) is 0.868. The Balaban J connectivity index is 1.59. The molecule has 1 aromatic heterocycles. The van der Waals surface area contributed by atoms with Crippen LogP contribution in [-0.2, 0) is 0 Å². The van der Waals surface area contributed by atoms with Gasteiger partial charge in [0.1, 0.15) is 5.75 Å². The normalized spacial score (nSPS) is 17.8. The zero-order valence-corrected chi connectivity index (χ0v) is 13.5. The van der Waals surface area contributed by atoms with Crippen LogP contribution in [0.25, 0.3) is 0 Å². The van der Waals surface area contributed by atoms with Crippen molar-refractivity contribution in [1.29, 1.82) is 0 Å². The van der Waals surface area contributed by atoms with E-state index in [1.54, 1.807) is 0 Å². The molecule has 0 saturated carbocycles. The first-order valence-electron chi connectivity index (χ1n) is 7.87. The van der Waals surface area contributed by atoms with Gasteiger partial charge in [0.15, 0.2) is 0 Å². The molecule has 1 aromatic carbocycles. The Labute approximate surface area is 132 Å². The molecule has 1 aliphatic heterocycles. The highest BCUT2D eigenvalue weighted by Gasteiger charge is 2.25. The van der Waals surface area contributed by atoms with Crippen LogP contribution < -0.4 is 9.64 Å². The minimum Gasteiger partial charge on any atom is -0.493 e. The van der Waals surface area contributed by atoms with Gasteiger partial charge >= 0.3 is 0 Å². The van der Waals surface area contributed by atoms with Crippen molar-refractivity contribution in [1.82, 2.24) is 9.97 Å². The highest BCUT2D eigenvalue weighted by atomic mass is 16.5. The van der Waals surface area contributed by atoms with Crippen LogP contribution >= 0.6 is 0 Å². The van der Waals surface area contributed by atoms with Gasteiger partial charge in [0, 0.05) is 30.4 Å². The second-order valence-electron chi connectivity index (χ2n) is 6.13. The number of aryl methyl sites for hydroxylation is 3. The lowest BCUT2D eigenvalue weighted by molar-refractivity contribution is 0.259. The number of hydrogen-bond donors (Lipinski definition) is 0. The zero-order chi connectivity index (χ0) is 15.5.